The van der Waals surface area contributed by atoms with Gasteiger partial charge in [0.1, 0.15) is 0 Å². The topological polar surface area (TPSA) is 38.7 Å². The largest absolute Gasteiger partial charge is 0.256 e. The standard InChI is InChI=1S/C62H39N3S/c1-3-13-40(14-4-1)42-24-28-44(29-25-42)56-39-57(45-30-26-43(27-31-45)41-15-5-2-6-16-41)65-61(64-56)48-33-35-55-59(38-48)66-58-37-47(49-21-11-17-46-18-12-36-63-60(46)49)32-34-54(58)62(55)52-22-9-7-19-50(52)51-20-8-10-23-53(51)62/h1-39H. The van der Waals surface area contributed by atoms with Crippen LogP contribution in [-0.4, -0.2) is 15.0 Å². The highest BCUT2D eigenvalue weighted by Crippen LogP contribution is 2.62. The van der Waals surface area contributed by atoms with E-state index in [9.17, 15) is 0 Å². The normalized spacial score (nSPS) is 12.9. The Hall–Kier alpha value is -8.18. The first-order valence-electron chi connectivity index (χ1n) is 22.4. The summed E-state index contributed by atoms with van der Waals surface area (Å²) < 4.78 is 0. The summed E-state index contributed by atoms with van der Waals surface area (Å²) in [5, 5.41) is 1.13. The zero-order valence-corrected chi connectivity index (χ0v) is 36.6. The van der Waals surface area contributed by atoms with Crippen LogP contribution in [0.15, 0.2) is 247 Å². The Balaban J connectivity index is 0.991. The molecule has 1 aliphatic heterocycles. The monoisotopic (exact) mass is 857 g/mol. The molecule has 3 nitrogen and oxygen atoms in total. The molecule has 66 heavy (non-hydrogen) atoms. The van der Waals surface area contributed by atoms with Crippen molar-refractivity contribution in [1.82, 2.24) is 15.0 Å². The second-order valence-corrected chi connectivity index (χ2v) is 18.2. The summed E-state index contributed by atoms with van der Waals surface area (Å²) in [5.74, 6) is 0.688. The predicted octanol–water partition coefficient (Wildman–Crippen LogP) is 15.9. The summed E-state index contributed by atoms with van der Waals surface area (Å²) in [7, 11) is 0. The van der Waals surface area contributed by atoms with E-state index in [0.717, 1.165) is 50.1 Å². The Labute approximate surface area is 388 Å². The van der Waals surface area contributed by atoms with E-state index in [1.807, 2.05) is 24.0 Å². The Bertz CT molecular complexity index is 3510. The van der Waals surface area contributed by atoms with Gasteiger partial charge in [-0.2, -0.15) is 0 Å². The van der Waals surface area contributed by atoms with Crippen LogP contribution in [0.25, 0.3) is 89.3 Å². The van der Waals surface area contributed by atoms with Crippen LogP contribution in [-0.2, 0) is 5.41 Å². The van der Waals surface area contributed by atoms with Crippen molar-refractivity contribution in [1.29, 1.82) is 0 Å². The number of benzene rings is 9. The van der Waals surface area contributed by atoms with E-state index in [-0.39, 0.29) is 0 Å². The maximum absolute atomic E-state index is 5.38. The maximum atomic E-state index is 5.38. The summed E-state index contributed by atoms with van der Waals surface area (Å²) in [4.78, 5) is 18.0. The average molecular weight is 858 g/mol. The third kappa shape index (κ3) is 6.18. The smallest absolute Gasteiger partial charge is 0.160 e. The summed E-state index contributed by atoms with van der Waals surface area (Å²) in [6, 6.07) is 83.2. The second-order valence-electron chi connectivity index (χ2n) is 17.1. The fraction of sp³-hybridized carbons (Fsp3) is 0.0161. The Morgan fingerprint density at radius 1 is 0.318 bits per heavy atom. The van der Waals surface area contributed by atoms with Crippen molar-refractivity contribution >= 4 is 22.7 Å². The average Bonchev–Trinajstić information content (AvgIpc) is 3.69. The molecule has 0 amide bonds. The molecule has 4 heteroatoms. The van der Waals surface area contributed by atoms with Crippen molar-refractivity contribution in [2.75, 3.05) is 0 Å². The van der Waals surface area contributed by atoms with Crippen molar-refractivity contribution in [2.24, 2.45) is 0 Å². The number of nitrogens with zero attached hydrogens (tertiary/aromatic N) is 3. The van der Waals surface area contributed by atoms with Gasteiger partial charge >= 0.3 is 0 Å². The maximum Gasteiger partial charge on any atom is 0.160 e. The van der Waals surface area contributed by atoms with Gasteiger partial charge in [-0.15, -0.1) is 0 Å². The molecule has 0 N–H and O–H groups in total. The summed E-state index contributed by atoms with van der Waals surface area (Å²) in [5.41, 5.74) is 20.0. The van der Waals surface area contributed by atoms with E-state index in [4.69, 9.17) is 15.0 Å². The molecular formula is C62H39N3S. The van der Waals surface area contributed by atoms with Crippen LogP contribution >= 0.6 is 11.8 Å². The molecule has 0 unspecified atom stereocenters. The van der Waals surface area contributed by atoms with Crippen LogP contribution < -0.4 is 0 Å². The minimum Gasteiger partial charge on any atom is -0.256 e. The Morgan fingerprint density at radius 2 is 0.773 bits per heavy atom. The lowest BCUT2D eigenvalue weighted by Gasteiger charge is -2.40. The number of fused-ring (bicyclic) bond motifs is 10. The fourth-order valence-electron chi connectivity index (χ4n) is 10.4. The number of hydrogen-bond acceptors (Lipinski definition) is 4. The minimum atomic E-state index is -0.522. The molecular weight excluding hydrogens is 819 g/mol. The summed E-state index contributed by atoms with van der Waals surface area (Å²) >= 11 is 1.84. The van der Waals surface area contributed by atoms with Crippen molar-refractivity contribution in [3.05, 3.63) is 259 Å². The third-order valence-corrected chi connectivity index (χ3v) is 14.6. The van der Waals surface area contributed by atoms with Gasteiger partial charge in [0.05, 0.1) is 22.3 Å². The molecule has 0 atom stereocenters. The van der Waals surface area contributed by atoms with Crippen LogP contribution in [0.3, 0.4) is 0 Å². The molecule has 13 rings (SSSR count). The fourth-order valence-corrected chi connectivity index (χ4v) is 11.6. The molecule has 3 heterocycles. The molecule has 308 valence electrons. The molecule has 0 saturated heterocycles. The lowest BCUT2D eigenvalue weighted by Crippen LogP contribution is -2.32. The van der Waals surface area contributed by atoms with E-state index in [1.165, 1.54) is 65.4 Å². The number of aromatic nitrogens is 3. The molecule has 11 aromatic rings. The lowest BCUT2D eigenvalue weighted by molar-refractivity contribution is 0.723. The van der Waals surface area contributed by atoms with Crippen LogP contribution in [0.1, 0.15) is 22.3 Å². The van der Waals surface area contributed by atoms with Gasteiger partial charge in [0.15, 0.2) is 5.82 Å². The Morgan fingerprint density at radius 3 is 1.36 bits per heavy atom. The van der Waals surface area contributed by atoms with Crippen molar-refractivity contribution in [3.63, 3.8) is 0 Å². The van der Waals surface area contributed by atoms with E-state index in [0.29, 0.717) is 5.82 Å². The molecule has 1 spiro atoms. The van der Waals surface area contributed by atoms with Gasteiger partial charge in [0, 0.05) is 43.6 Å². The molecule has 0 saturated carbocycles. The third-order valence-electron chi connectivity index (χ3n) is 13.4. The number of pyridine rings is 1. The minimum absolute atomic E-state index is 0.522. The van der Waals surface area contributed by atoms with Crippen molar-refractivity contribution in [2.45, 2.75) is 15.2 Å². The van der Waals surface area contributed by atoms with Gasteiger partial charge in [-0.05, 0) is 85.5 Å². The molecule has 0 radical (unpaired) electrons. The first-order chi connectivity index (χ1) is 32.7. The van der Waals surface area contributed by atoms with Gasteiger partial charge in [-0.25, -0.2) is 9.97 Å². The molecule has 2 aromatic heterocycles. The lowest BCUT2D eigenvalue weighted by atomic mass is 9.67. The van der Waals surface area contributed by atoms with Gasteiger partial charge in [-0.1, -0.05) is 218 Å². The molecule has 1 aliphatic carbocycles. The van der Waals surface area contributed by atoms with Crippen molar-refractivity contribution in [3.8, 4) is 78.4 Å². The van der Waals surface area contributed by atoms with Gasteiger partial charge in [0.25, 0.3) is 0 Å². The molecule has 0 fully saturated rings. The van der Waals surface area contributed by atoms with Crippen LogP contribution in [0.4, 0.5) is 0 Å². The van der Waals surface area contributed by atoms with E-state index >= 15 is 0 Å². The predicted molar refractivity (Wildman–Crippen MR) is 271 cm³/mol. The van der Waals surface area contributed by atoms with Gasteiger partial charge < -0.3 is 0 Å². The SMILES string of the molecule is c1ccc(-c2ccc(-c3cc(-c4ccc(-c5ccccc5)cc4)nc(-c4ccc5c(c4)Sc4cc(-c6cccc7cccnc67)ccc4C54c5ccccc5-c5ccccc54)n3)cc2)cc1. The molecule has 2 aliphatic rings. The van der Waals surface area contributed by atoms with Crippen molar-refractivity contribution < 1.29 is 0 Å². The van der Waals surface area contributed by atoms with E-state index in [2.05, 4.69) is 224 Å². The highest BCUT2D eigenvalue weighted by molar-refractivity contribution is 7.99. The van der Waals surface area contributed by atoms with E-state index < -0.39 is 5.41 Å². The van der Waals surface area contributed by atoms with Crippen LogP contribution in [0.2, 0.25) is 0 Å². The zero-order valence-electron chi connectivity index (χ0n) is 35.8. The first-order valence-corrected chi connectivity index (χ1v) is 23.2. The highest BCUT2D eigenvalue weighted by Gasteiger charge is 2.50. The number of para-hydroxylation sites is 1. The number of hydrogen-bond donors (Lipinski definition) is 0. The van der Waals surface area contributed by atoms with Gasteiger partial charge in [0.2, 0.25) is 0 Å². The van der Waals surface area contributed by atoms with E-state index in [1.54, 1.807) is 0 Å². The molecule has 0 bridgehead atoms. The molecule has 9 aromatic carbocycles. The van der Waals surface area contributed by atoms with Crippen LogP contribution in [0, 0.1) is 0 Å². The quantitative estimate of drug-likeness (QED) is 0.167. The first kappa shape index (κ1) is 38.3. The second kappa shape index (κ2) is 15.5. The Kier molecular flexibility index (Phi) is 9.00. The summed E-state index contributed by atoms with van der Waals surface area (Å²) in [6.45, 7) is 0. The highest BCUT2D eigenvalue weighted by atomic mass is 32.2. The summed E-state index contributed by atoms with van der Waals surface area (Å²) in [6.07, 6.45) is 1.89. The number of rotatable bonds is 6. The van der Waals surface area contributed by atoms with Crippen LogP contribution in [0.5, 0.6) is 0 Å². The zero-order chi connectivity index (χ0) is 43.6. The van der Waals surface area contributed by atoms with Gasteiger partial charge in [-0.3, -0.25) is 4.98 Å².